The molecule has 0 heterocycles. The van der Waals surface area contributed by atoms with Gasteiger partial charge in [-0.25, -0.2) is 0 Å². The molecule has 1 atom stereocenters. The predicted octanol–water partition coefficient (Wildman–Crippen LogP) is 2.67. The Kier molecular flexibility index (Phi) is 7.38. The van der Waals surface area contributed by atoms with Crippen LogP contribution in [-0.4, -0.2) is 49.2 Å². The van der Waals surface area contributed by atoms with Crippen molar-refractivity contribution in [2.75, 3.05) is 27.3 Å². The molecule has 1 rings (SSSR count). The molecule has 128 valence electrons. The van der Waals surface area contributed by atoms with Crippen molar-refractivity contribution in [1.29, 1.82) is 0 Å². The van der Waals surface area contributed by atoms with Crippen LogP contribution in [-0.2, 0) is 4.79 Å². The number of carbonyl (C=O) groups is 2. The van der Waals surface area contributed by atoms with Crippen LogP contribution in [0.25, 0.3) is 0 Å². The Morgan fingerprint density at radius 2 is 2.00 bits per heavy atom. The molecular weight excluding hydrogens is 298 g/mol. The fourth-order valence-electron chi connectivity index (χ4n) is 2.04. The van der Waals surface area contributed by atoms with Gasteiger partial charge in [-0.15, -0.1) is 0 Å². The highest BCUT2D eigenvalue weighted by molar-refractivity contribution is 5.95. The molecule has 0 unspecified atom stereocenters. The van der Waals surface area contributed by atoms with E-state index in [1.165, 1.54) is 12.0 Å². The number of hydrogen-bond acceptors (Lipinski definition) is 4. The van der Waals surface area contributed by atoms with Crippen molar-refractivity contribution in [3.8, 4) is 11.5 Å². The highest BCUT2D eigenvalue weighted by Crippen LogP contribution is 2.28. The summed E-state index contributed by atoms with van der Waals surface area (Å²) in [5.41, 5.74) is 0.435. The molecule has 0 aliphatic heterocycles. The van der Waals surface area contributed by atoms with Crippen molar-refractivity contribution in [2.24, 2.45) is 5.92 Å². The number of ether oxygens (including phenoxy) is 2. The SMILES string of the molecule is CCCCOc1ccc(C(=O)N(C)C[C@H](C)C(=O)O)cc1OC. The molecule has 0 spiro atoms. The minimum atomic E-state index is -0.929. The maximum atomic E-state index is 12.4. The van der Waals surface area contributed by atoms with E-state index in [1.54, 1.807) is 32.2 Å². The van der Waals surface area contributed by atoms with Crippen LogP contribution in [0.1, 0.15) is 37.0 Å². The summed E-state index contributed by atoms with van der Waals surface area (Å²) in [5.74, 6) is -0.716. The lowest BCUT2D eigenvalue weighted by molar-refractivity contribution is -0.141. The monoisotopic (exact) mass is 323 g/mol. The van der Waals surface area contributed by atoms with Crippen molar-refractivity contribution in [3.63, 3.8) is 0 Å². The fourth-order valence-corrected chi connectivity index (χ4v) is 2.04. The van der Waals surface area contributed by atoms with E-state index in [4.69, 9.17) is 14.6 Å². The summed E-state index contributed by atoms with van der Waals surface area (Å²) >= 11 is 0. The van der Waals surface area contributed by atoms with E-state index in [2.05, 4.69) is 6.92 Å². The van der Waals surface area contributed by atoms with Gasteiger partial charge in [-0.05, 0) is 24.6 Å². The Balaban J connectivity index is 2.83. The molecule has 0 saturated carbocycles. The van der Waals surface area contributed by atoms with Gasteiger partial charge in [0.15, 0.2) is 11.5 Å². The molecule has 1 amide bonds. The Morgan fingerprint density at radius 1 is 1.30 bits per heavy atom. The molecule has 0 saturated heterocycles. The number of hydrogen-bond donors (Lipinski definition) is 1. The van der Waals surface area contributed by atoms with Crippen molar-refractivity contribution >= 4 is 11.9 Å². The normalized spacial score (nSPS) is 11.7. The summed E-state index contributed by atoms with van der Waals surface area (Å²) in [5, 5.41) is 8.93. The summed E-state index contributed by atoms with van der Waals surface area (Å²) in [7, 11) is 3.10. The van der Waals surface area contributed by atoms with E-state index in [-0.39, 0.29) is 12.5 Å². The van der Waals surface area contributed by atoms with Crippen LogP contribution >= 0.6 is 0 Å². The van der Waals surface area contributed by atoms with Crippen LogP contribution in [0.3, 0.4) is 0 Å². The molecule has 0 aromatic heterocycles. The summed E-state index contributed by atoms with van der Waals surface area (Å²) < 4.78 is 10.9. The number of methoxy groups -OCH3 is 1. The lowest BCUT2D eigenvalue weighted by atomic mass is 10.1. The number of rotatable bonds is 9. The van der Waals surface area contributed by atoms with Crippen LogP contribution in [0.15, 0.2) is 18.2 Å². The van der Waals surface area contributed by atoms with E-state index >= 15 is 0 Å². The largest absolute Gasteiger partial charge is 0.493 e. The third-order valence-electron chi connectivity index (χ3n) is 3.48. The van der Waals surface area contributed by atoms with Gasteiger partial charge in [0, 0.05) is 19.2 Å². The average molecular weight is 323 g/mol. The highest BCUT2D eigenvalue weighted by atomic mass is 16.5. The zero-order chi connectivity index (χ0) is 17.4. The minimum absolute atomic E-state index is 0.144. The Morgan fingerprint density at radius 3 is 2.57 bits per heavy atom. The number of carboxylic acids is 1. The van der Waals surface area contributed by atoms with E-state index in [0.717, 1.165) is 12.8 Å². The average Bonchev–Trinajstić information content (AvgIpc) is 2.54. The minimum Gasteiger partial charge on any atom is -0.493 e. The Bertz CT molecular complexity index is 544. The second-order valence-electron chi connectivity index (χ2n) is 5.49. The molecule has 0 aliphatic carbocycles. The first-order chi connectivity index (χ1) is 10.9. The Hall–Kier alpha value is -2.24. The molecule has 1 aromatic rings. The lowest BCUT2D eigenvalue weighted by Gasteiger charge is -2.20. The van der Waals surface area contributed by atoms with E-state index in [9.17, 15) is 9.59 Å². The van der Waals surface area contributed by atoms with Gasteiger partial charge in [0.25, 0.3) is 5.91 Å². The van der Waals surface area contributed by atoms with E-state index < -0.39 is 11.9 Å². The topological polar surface area (TPSA) is 76.1 Å². The first kappa shape index (κ1) is 18.8. The van der Waals surface area contributed by atoms with Gasteiger partial charge in [0.2, 0.25) is 0 Å². The molecule has 23 heavy (non-hydrogen) atoms. The van der Waals surface area contributed by atoms with Gasteiger partial charge in [-0.3, -0.25) is 9.59 Å². The van der Waals surface area contributed by atoms with E-state index in [1.807, 2.05) is 0 Å². The fraction of sp³-hybridized carbons (Fsp3) is 0.529. The van der Waals surface area contributed by atoms with Crippen molar-refractivity contribution < 1.29 is 24.2 Å². The van der Waals surface area contributed by atoms with Crippen LogP contribution in [0.5, 0.6) is 11.5 Å². The van der Waals surface area contributed by atoms with Crippen molar-refractivity contribution in [2.45, 2.75) is 26.7 Å². The number of benzene rings is 1. The third-order valence-corrected chi connectivity index (χ3v) is 3.48. The quantitative estimate of drug-likeness (QED) is 0.707. The molecule has 0 fully saturated rings. The van der Waals surface area contributed by atoms with Crippen LogP contribution < -0.4 is 9.47 Å². The maximum Gasteiger partial charge on any atom is 0.308 e. The van der Waals surface area contributed by atoms with E-state index in [0.29, 0.717) is 23.7 Å². The first-order valence-electron chi connectivity index (χ1n) is 7.69. The summed E-state index contributed by atoms with van der Waals surface area (Å²) in [6.45, 7) is 4.38. The number of nitrogens with zero attached hydrogens (tertiary/aromatic N) is 1. The van der Waals surface area contributed by atoms with Gasteiger partial charge >= 0.3 is 5.97 Å². The molecule has 0 radical (unpaired) electrons. The summed E-state index contributed by atoms with van der Waals surface area (Å²) in [6.07, 6.45) is 1.98. The van der Waals surface area contributed by atoms with Gasteiger partial charge < -0.3 is 19.5 Å². The van der Waals surface area contributed by atoms with Gasteiger partial charge in [0.05, 0.1) is 19.6 Å². The maximum absolute atomic E-state index is 12.4. The highest BCUT2D eigenvalue weighted by Gasteiger charge is 2.19. The summed E-state index contributed by atoms with van der Waals surface area (Å²) in [6, 6.07) is 4.98. The van der Waals surface area contributed by atoms with Crippen molar-refractivity contribution in [3.05, 3.63) is 23.8 Å². The molecule has 0 bridgehead atoms. The third kappa shape index (κ3) is 5.47. The molecule has 1 aromatic carbocycles. The summed E-state index contributed by atoms with van der Waals surface area (Å²) in [4.78, 5) is 24.7. The molecule has 6 heteroatoms. The lowest BCUT2D eigenvalue weighted by Crippen LogP contribution is -2.33. The van der Waals surface area contributed by atoms with Crippen LogP contribution in [0.4, 0.5) is 0 Å². The molecule has 6 nitrogen and oxygen atoms in total. The predicted molar refractivity (Wildman–Crippen MR) is 87.2 cm³/mol. The molecule has 0 aliphatic rings. The number of aliphatic carboxylic acids is 1. The number of carbonyl (C=O) groups excluding carboxylic acids is 1. The van der Waals surface area contributed by atoms with Gasteiger partial charge in [-0.1, -0.05) is 20.3 Å². The number of carboxylic acid groups (broad SMARTS) is 1. The standard InChI is InChI=1S/C17H25NO5/c1-5-6-9-23-14-8-7-13(10-15(14)22-4)16(19)18(3)11-12(2)17(20)21/h7-8,10,12H,5-6,9,11H2,1-4H3,(H,20,21)/t12-/m0/s1. The number of amides is 1. The second kappa shape index (κ2) is 9.02. The van der Waals surface area contributed by atoms with Crippen LogP contribution in [0.2, 0.25) is 0 Å². The zero-order valence-electron chi connectivity index (χ0n) is 14.2. The van der Waals surface area contributed by atoms with Gasteiger partial charge in [0.1, 0.15) is 0 Å². The Labute approximate surface area is 137 Å². The molecule has 1 N–H and O–H groups in total. The smallest absolute Gasteiger partial charge is 0.308 e. The van der Waals surface area contributed by atoms with Crippen molar-refractivity contribution in [1.82, 2.24) is 4.90 Å². The first-order valence-corrected chi connectivity index (χ1v) is 7.69. The van der Waals surface area contributed by atoms with Crippen LogP contribution in [0, 0.1) is 5.92 Å². The van der Waals surface area contributed by atoms with Gasteiger partial charge in [-0.2, -0.15) is 0 Å². The molecular formula is C17H25NO5. The second-order valence-corrected chi connectivity index (χ2v) is 5.49. The number of unbranched alkanes of at least 4 members (excludes halogenated alkanes) is 1. The zero-order valence-corrected chi connectivity index (χ0v) is 14.2.